The highest BCUT2D eigenvalue weighted by Gasteiger charge is 2.00. The van der Waals surface area contributed by atoms with Crippen LogP contribution in [0.2, 0.25) is 0 Å². The summed E-state index contributed by atoms with van der Waals surface area (Å²) in [6.45, 7) is 15.3. The Morgan fingerprint density at radius 2 is 1.74 bits per heavy atom. The molecule has 0 N–H and O–H groups in total. The summed E-state index contributed by atoms with van der Waals surface area (Å²) in [5, 5.41) is 0. The monoisotopic (exact) mass is 290 g/mol. The van der Waals surface area contributed by atoms with Gasteiger partial charge in [0.25, 0.3) is 0 Å². The third kappa shape index (κ3) is 31.5. The topological polar surface area (TPSA) is 52.6 Å². The van der Waals surface area contributed by atoms with Crippen LogP contribution in [0.15, 0.2) is 37.1 Å². The SMILES string of the molecule is C=C(C)C(=O)OCCCC.C=CCl.C=COC(C)=O. The maximum atomic E-state index is 10.7. The molecule has 0 aliphatic carbocycles. The van der Waals surface area contributed by atoms with Gasteiger partial charge in [-0.05, 0) is 18.9 Å². The van der Waals surface area contributed by atoms with Gasteiger partial charge in [-0.1, -0.05) is 44.7 Å². The Morgan fingerprint density at radius 1 is 1.26 bits per heavy atom. The third-order valence-corrected chi connectivity index (χ3v) is 1.33. The van der Waals surface area contributed by atoms with E-state index in [9.17, 15) is 9.59 Å². The Bertz CT molecular complexity index is 285. The molecule has 0 amide bonds. The molecular formula is C14H23ClO4. The highest BCUT2D eigenvalue weighted by atomic mass is 35.5. The number of ether oxygens (including phenoxy) is 2. The highest BCUT2D eigenvalue weighted by Crippen LogP contribution is 1.94. The smallest absolute Gasteiger partial charge is 0.333 e. The fourth-order valence-corrected chi connectivity index (χ4v) is 0.550. The second-order valence-electron chi connectivity index (χ2n) is 3.20. The highest BCUT2D eigenvalue weighted by molar-refractivity contribution is 6.25. The van der Waals surface area contributed by atoms with Gasteiger partial charge in [-0.2, -0.15) is 0 Å². The van der Waals surface area contributed by atoms with Crippen LogP contribution in [-0.2, 0) is 19.1 Å². The van der Waals surface area contributed by atoms with Gasteiger partial charge in [-0.3, -0.25) is 4.79 Å². The van der Waals surface area contributed by atoms with Crippen LogP contribution in [0.3, 0.4) is 0 Å². The van der Waals surface area contributed by atoms with E-state index in [1.54, 1.807) is 6.92 Å². The van der Waals surface area contributed by atoms with Crippen molar-refractivity contribution >= 4 is 23.5 Å². The molecule has 0 atom stereocenters. The average Bonchev–Trinajstić information content (AvgIpc) is 2.30. The van der Waals surface area contributed by atoms with Crippen molar-refractivity contribution in [2.24, 2.45) is 0 Å². The summed E-state index contributed by atoms with van der Waals surface area (Å²) >= 11 is 4.76. The zero-order chi connectivity index (χ0) is 15.7. The summed E-state index contributed by atoms with van der Waals surface area (Å²) < 4.78 is 8.97. The third-order valence-electron chi connectivity index (χ3n) is 1.33. The van der Waals surface area contributed by atoms with Gasteiger partial charge in [0.1, 0.15) is 0 Å². The zero-order valence-corrected chi connectivity index (χ0v) is 12.7. The summed E-state index contributed by atoms with van der Waals surface area (Å²) in [6, 6.07) is 0. The fourth-order valence-electron chi connectivity index (χ4n) is 0.550. The lowest BCUT2D eigenvalue weighted by Gasteiger charge is -2.01. The van der Waals surface area contributed by atoms with Crippen LogP contribution in [0, 0.1) is 0 Å². The second-order valence-corrected chi connectivity index (χ2v) is 3.51. The van der Waals surface area contributed by atoms with Gasteiger partial charge >= 0.3 is 11.9 Å². The lowest BCUT2D eigenvalue weighted by atomic mass is 10.3. The number of carbonyl (C=O) groups is 2. The number of halogens is 1. The summed E-state index contributed by atoms with van der Waals surface area (Å²) in [4.78, 5) is 20.4. The number of rotatable bonds is 5. The largest absolute Gasteiger partial charge is 0.462 e. The molecule has 0 spiro atoms. The van der Waals surface area contributed by atoms with E-state index in [4.69, 9.17) is 16.3 Å². The van der Waals surface area contributed by atoms with Crippen molar-refractivity contribution in [3.8, 4) is 0 Å². The van der Waals surface area contributed by atoms with Gasteiger partial charge in [-0.15, -0.1) is 0 Å². The number of hydrogen-bond donors (Lipinski definition) is 0. The normalized spacial score (nSPS) is 7.58. The maximum Gasteiger partial charge on any atom is 0.333 e. The van der Waals surface area contributed by atoms with Gasteiger partial charge < -0.3 is 9.47 Å². The molecule has 0 heterocycles. The zero-order valence-electron chi connectivity index (χ0n) is 11.9. The lowest BCUT2D eigenvalue weighted by molar-refractivity contribution is -0.139. The molecule has 5 heteroatoms. The van der Waals surface area contributed by atoms with E-state index in [2.05, 4.69) is 31.4 Å². The van der Waals surface area contributed by atoms with Gasteiger partial charge in [0.15, 0.2) is 0 Å². The molecule has 0 aliphatic rings. The number of esters is 2. The van der Waals surface area contributed by atoms with Crippen molar-refractivity contribution in [3.05, 3.63) is 37.1 Å². The van der Waals surface area contributed by atoms with E-state index in [0.717, 1.165) is 19.1 Å². The predicted octanol–water partition coefficient (Wildman–Crippen LogP) is 3.97. The van der Waals surface area contributed by atoms with Crippen LogP contribution >= 0.6 is 11.6 Å². The van der Waals surface area contributed by atoms with Gasteiger partial charge in [0, 0.05) is 12.5 Å². The van der Waals surface area contributed by atoms with E-state index in [-0.39, 0.29) is 11.9 Å². The number of unbranched alkanes of at least 4 members (excludes halogenated alkanes) is 1. The quantitative estimate of drug-likeness (QED) is 0.333. The Kier molecular flexibility index (Phi) is 22.4. The molecular weight excluding hydrogens is 268 g/mol. The van der Waals surface area contributed by atoms with Crippen molar-refractivity contribution in [2.45, 2.75) is 33.6 Å². The molecule has 0 radical (unpaired) electrons. The van der Waals surface area contributed by atoms with E-state index < -0.39 is 0 Å². The molecule has 4 nitrogen and oxygen atoms in total. The molecule has 0 rings (SSSR count). The summed E-state index contributed by atoms with van der Waals surface area (Å²) in [5.41, 5.74) is 1.69. The lowest BCUT2D eigenvalue weighted by Crippen LogP contribution is -2.05. The maximum absolute atomic E-state index is 10.7. The summed E-state index contributed by atoms with van der Waals surface area (Å²) in [5.74, 6) is -0.613. The molecule has 19 heavy (non-hydrogen) atoms. The first kappa shape index (κ1) is 22.6. The Morgan fingerprint density at radius 3 is 1.95 bits per heavy atom. The van der Waals surface area contributed by atoms with Crippen molar-refractivity contribution in [2.75, 3.05) is 6.61 Å². The van der Waals surface area contributed by atoms with Gasteiger partial charge in [0.05, 0.1) is 12.9 Å². The standard InChI is InChI=1S/C8H14O2.C4H6O2.C2H3Cl/c1-4-5-6-10-8(9)7(2)3;1-3-6-4(2)5;1-2-3/h2,4-6H2,1,3H3;3H,1H2,2H3;2H,1H2. The minimum Gasteiger partial charge on any atom is -0.462 e. The summed E-state index contributed by atoms with van der Waals surface area (Å²) in [6.07, 6.45) is 3.07. The van der Waals surface area contributed by atoms with E-state index in [1.165, 1.54) is 12.5 Å². The van der Waals surface area contributed by atoms with E-state index >= 15 is 0 Å². The predicted molar refractivity (Wildman–Crippen MR) is 78.7 cm³/mol. The van der Waals surface area contributed by atoms with Crippen molar-refractivity contribution in [1.29, 1.82) is 0 Å². The molecule has 0 bridgehead atoms. The van der Waals surface area contributed by atoms with Crippen LogP contribution in [0.1, 0.15) is 33.6 Å². The van der Waals surface area contributed by atoms with Crippen molar-refractivity contribution < 1.29 is 19.1 Å². The first-order valence-electron chi connectivity index (χ1n) is 5.69. The number of hydrogen-bond acceptors (Lipinski definition) is 4. The van der Waals surface area contributed by atoms with E-state index in [0.29, 0.717) is 12.2 Å². The van der Waals surface area contributed by atoms with Crippen LogP contribution in [0.25, 0.3) is 0 Å². The second kappa shape index (κ2) is 18.8. The molecule has 0 aliphatic heterocycles. The average molecular weight is 291 g/mol. The van der Waals surface area contributed by atoms with Crippen LogP contribution < -0.4 is 0 Å². The minimum atomic E-state index is -0.329. The molecule has 0 fully saturated rings. The van der Waals surface area contributed by atoms with Gasteiger partial charge in [-0.25, -0.2) is 4.79 Å². The summed E-state index contributed by atoms with van der Waals surface area (Å²) in [7, 11) is 0. The Hall–Kier alpha value is -1.55. The number of carbonyl (C=O) groups excluding carboxylic acids is 2. The minimum absolute atomic E-state index is 0.284. The van der Waals surface area contributed by atoms with E-state index in [1.807, 2.05) is 0 Å². The molecule has 0 unspecified atom stereocenters. The van der Waals surface area contributed by atoms with Gasteiger partial charge in [0.2, 0.25) is 0 Å². The molecule has 0 saturated carbocycles. The van der Waals surface area contributed by atoms with Crippen molar-refractivity contribution in [1.82, 2.24) is 0 Å². The van der Waals surface area contributed by atoms with Crippen LogP contribution in [-0.4, -0.2) is 18.5 Å². The Balaban J connectivity index is -0.000000242. The molecule has 110 valence electrons. The molecule has 0 aromatic rings. The first-order chi connectivity index (χ1) is 8.87. The molecule has 0 saturated heterocycles. The Labute approximate surface area is 120 Å². The molecule has 0 aromatic heterocycles. The van der Waals surface area contributed by atoms with Crippen LogP contribution in [0.4, 0.5) is 0 Å². The fraction of sp³-hybridized carbons (Fsp3) is 0.429. The van der Waals surface area contributed by atoms with Crippen LogP contribution in [0.5, 0.6) is 0 Å². The first-order valence-corrected chi connectivity index (χ1v) is 6.12. The van der Waals surface area contributed by atoms with Crippen molar-refractivity contribution in [3.63, 3.8) is 0 Å². The molecule has 0 aromatic carbocycles.